The van der Waals surface area contributed by atoms with Crippen molar-refractivity contribution in [3.63, 3.8) is 0 Å². The molecule has 2 heterocycles. The Kier molecular flexibility index (Phi) is 3.48. The third kappa shape index (κ3) is 2.81. The Bertz CT molecular complexity index is 663. The summed E-state index contributed by atoms with van der Waals surface area (Å²) in [6, 6.07) is 10.9. The Hall–Kier alpha value is -2.56. The third-order valence-corrected chi connectivity index (χ3v) is 3.36. The highest BCUT2D eigenvalue weighted by atomic mass is 16.6. The highest BCUT2D eigenvalue weighted by Gasteiger charge is 2.35. The minimum atomic E-state index is -0.803. The van der Waals surface area contributed by atoms with E-state index in [1.165, 1.54) is 0 Å². The van der Waals surface area contributed by atoms with Gasteiger partial charge in [0.25, 0.3) is 0 Å². The number of rotatable bonds is 3. The first-order chi connectivity index (χ1) is 10.1. The normalized spacial score (nSPS) is 21.1. The standard InChI is InChI=1S/C16H15NO4/c1-11-9-14(16(19)20-11)21-15(18)12-5-4-6-13(10-12)17-7-2-3-8-17/h2-8,10-11,14H,9H2,1H3. The molecule has 0 aliphatic carbocycles. The molecule has 1 aliphatic rings. The number of ether oxygens (including phenoxy) is 2. The van der Waals surface area contributed by atoms with E-state index in [-0.39, 0.29) is 6.10 Å². The maximum atomic E-state index is 12.1. The van der Waals surface area contributed by atoms with Crippen LogP contribution in [0.2, 0.25) is 0 Å². The predicted molar refractivity (Wildman–Crippen MR) is 75.1 cm³/mol. The summed E-state index contributed by atoms with van der Waals surface area (Å²) < 4.78 is 12.1. The fraction of sp³-hybridized carbons (Fsp3) is 0.250. The summed E-state index contributed by atoms with van der Waals surface area (Å²) in [5.41, 5.74) is 1.27. The lowest BCUT2D eigenvalue weighted by Crippen LogP contribution is -2.22. The quantitative estimate of drug-likeness (QED) is 0.812. The summed E-state index contributed by atoms with van der Waals surface area (Å²) in [6.07, 6.45) is 3.17. The van der Waals surface area contributed by atoms with Gasteiger partial charge in [0.05, 0.1) is 5.56 Å². The molecule has 1 aromatic carbocycles. The molecule has 0 radical (unpaired) electrons. The van der Waals surface area contributed by atoms with Gasteiger partial charge in [-0.3, -0.25) is 0 Å². The van der Waals surface area contributed by atoms with Crippen molar-refractivity contribution in [1.29, 1.82) is 0 Å². The van der Waals surface area contributed by atoms with Crippen LogP contribution < -0.4 is 0 Å². The van der Waals surface area contributed by atoms with E-state index < -0.39 is 18.0 Å². The molecule has 2 atom stereocenters. The van der Waals surface area contributed by atoms with Crippen molar-refractivity contribution in [2.45, 2.75) is 25.6 Å². The van der Waals surface area contributed by atoms with Crippen molar-refractivity contribution < 1.29 is 19.1 Å². The average molecular weight is 285 g/mol. The zero-order valence-electron chi connectivity index (χ0n) is 11.6. The van der Waals surface area contributed by atoms with E-state index in [0.717, 1.165) is 5.69 Å². The molecule has 0 saturated carbocycles. The molecule has 3 rings (SSSR count). The molecule has 21 heavy (non-hydrogen) atoms. The number of carbonyl (C=O) groups excluding carboxylic acids is 2. The highest BCUT2D eigenvalue weighted by Crippen LogP contribution is 2.19. The molecule has 0 N–H and O–H groups in total. The first-order valence-corrected chi connectivity index (χ1v) is 6.78. The Morgan fingerprint density at radius 3 is 2.71 bits per heavy atom. The monoisotopic (exact) mass is 285 g/mol. The van der Waals surface area contributed by atoms with Crippen molar-refractivity contribution in [2.75, 3.05) is 0 Å². The maximum absolute atomic E-state index is 12.1. The number of hydrogen-bond donors (Lipinski definition) is 0. The van der Waals surface area contributed by atoms with Crippen molar-refractivity contribution >= 4 is 11.9 Å². The van der Waals surface area contributed by atoms with E-state index in [1.807, 2.05) is 35.2 Å². The molecule has 0 bridgehead atoms. The molecule has 1 aliphatic heterocycles. The fourth-order valence-corrected chi connectivity index (χ4v) is 2.31. The van der Waals surface area contributed by atoms with E-state index in [1.54, 1.807) is 25.1 Å². The Morgan fingerprint density at radius 2 is 2.05 bits per heavy atom. The summed E-state index contributed by atoms with van der Waals surface area (Å²) in [6.45, 7) is 1.78. The van der Waals surface area contributed by atoms with Crippen LogP contribution in [0.25, 0.3) is 5.69 Å². The number of aromatic nitrogens is 1. The molecule has 1 saturated heterocycles. The summed E-state index contributed by atoms with van der Waals surface area (Å²) >= 11 is 0. The Balaban J connectivity index is 1.76. The van der Waals surface area contributed by atoms with Gasteiger partial charge in [-0.1, -0.05) is 6.07 Å². The van der Waals surface area contributed by atoms with Gasteiger partial charge in [0, 0.05) is 24.5 Å². The van der Waals surface area contributed by atoms with Crippen molar-refractivity contribution in [1.82, 2.24) is 4.57 Å². The van der Waals surface area contributed by atoms with Crippen LogP contribution in [0, 0.1) is 0 Å². The number of hydrogen-bond acceptors (Lipinski definition) is 4. The molecular weight excluding hydrogens is 270 g/mol. The number of benzene rings is 1. The van der Waals surface area contributed by atoms with E-state index in [4.69, 9.17) is 9.47 Å². The van der Waals surface area contributed by atoms with Gasteiger partial charge >= 0.3 is 11.9 Å². The van der Waals surface area contributed by atoms with E-state index in [2.05, 4.69) is 0 Å². The molecule has 5 heteroatoms. The lowest BCUT2D eigenvalue weighted by Gasteiger charge is -2.09. The van der Waals surface area contributed by atoms with Crippen molar-refractivity contribution in [3.8, 4) is 5.69 Å². The molecule has 2 aromatic rings. The summed E-state index contributed by atoms with van der Waals surface area (Å²) in [5, 5.41) is 0. The van der Waals surface area contributed by atoms with Gasteiger partial charge in [-0.25, -0.2) is 9.59 Å². The zero-order chi connectivity index (χ0) is 14.8. The molecule has 108 valence electrons. The van der Waals surface area contributed by atoms with Crippen LogP contribution in [0.5, 0.6) is 0 Å². The van der Waals surface area contributed by atoms with E-state index in [0.29, 0.717) is 12.0 Å². The van der Waals surface area contributed by atoms with Gasteiger partial charge in [-0.2, -0.15) is 0 Å². The van der Waals surface area contributed by atoms with Gasteiger partial charge < -0.3 is 14.0 Å². The molecule has 5 nitrogen and oxygen atoms in total. The molecule has 0 spiro atoms. The summed E-state index contributed by atoms with van der Waals surface area (Å²) in [4.78, 5) is 23.6. The van der Waals surface area contributed by atoms with Crippen LogP contribution in [0.1, 0.15) is 23.7 Å². The van der Waals surface area contributed by atoms with Crippen LogP contribution in [0.3, 0.4) is 0 Å². The van der Waals surface area contributed by atoms with Gasteiger partial charge in [-0.05, 0) is 37.3 Å². The largest absolute Gasteiger partial charge is 0.460 e. The topological polar surface area (TPSA) is 57.5 Å². The first-order valence-electron chi connectivity index (χ1n) is 6.78. The van der Waals surface area contributed by atoms with Crippen molar-refractivity contribution in [3.05, 3.63) is 54.4 Å². The molecule has 1 fully saturated rings. The summed E-state index contributed by atoms with van der Waals surface area (Å²) in [5.74, 6) is -0.988. The van der Waals surface area contributed by atoms with Crippen LogP contribution in [-0.2, 0) is 14.3 Å². The second-order valence-corrected chi connectivity index (χ2v) is 5.02. The number of nitrogens with zero attached hydrogens (tertiary/aromatic N) is 1. The van der Waals surface area contributed by atoms with Crippen LogP contribution >= 0.6 is 0 Å². The third-order valence-electron chi connectivity index (χ3n) is 3.36. The Morgan fingerprint density at radius 1 is 1.29 bits per heavy atom. The minimum absolute atomic E-state index is 0.207. The first kappa shape index (κ1) is 13.4. The molecule has 1 aromatic heterocycles. The average Bonchev–Trinajstić information content (AvgIpc) is 3.09. The molecule has 2 unspecified atom stereocenters. The number of cyclic esters (lactones) is 1. The summed E-state index contributed by atoms with van der Waals surface area (Å²) in [7, 11) is 0. The van der Waals surface area contributed by atoms with E-state index in [9.17, 15) is 9.59 Å². The van der Waals surface area contributed by atoms with Gasteiger partial charge in [0.15, 0.2) is 0 Å². The maximum Gasteiger partial charge on any atom is 0.347 e. The fourth-order valence-electron chi connectivity index (χ4n) is 2.31. The van der Waals surface area contributed by atoms with Crippen LogP contribution in [-0.4, -0.2) is 28.7 Å². The zero-order valence-corrected chi connectivity index (χ0v) is 11.6. The number of carbonyl (C=O) groups is 2. The van der Waals surface area contributed by atoms with Crippen LogP contribution in [0.4, 0.5) is 0 Å². The van der Waals surface area contributed by atoms with E-state index >= 15 is 0 Å². The van der Waals surface area contributed by atoms with Gasteiger partial charge in [-0.15, -0.1) is 0 Å². The van der Waals surface area contributed by atoms with Gasteiger partial charge in [0.1, 0.15) is 6.10 Å². The minimum Gasteiger partial charge on any atom is -0.460 e. The molecular formula is C16H15NO4. The second kappa shape index (κ2) is 5.44. The lowest BCUT2D eigenvalue weighted by atomic mass is 10.2. The molecule has 0 amide bonds. The highest BCUT2D eigenvalue weighted by molar-refractivity contribution is 5.92. The van der Waals surface area contributed by atoms with Gasteiger partial charge in [0.2, 0.25) is 6.10 Å². The van der Waals surface area contributed by atoms with Crippen molar-refractivity contribution in [2.24, 2.45) is 0 Å². The SMILES string of the molecule is CC1CC(OC(=O)c2cccc(-n3cccc3)c2)C(=O)O1. The predicted octanol–water partition coefficient (Wildman–Crippen LogP) is 2.34. The van der Waals surface area contributed by atoms with Crippen LogP contribution in [0.15, 0.2) is 48.8 Å². The lowest BCUT2D eigenvalue weighted by molar-refractivity contribution is -0.147. The Labute approximate surface area is 122 Å². The smallest absolute Gasteiger partial charge is 0.347 e. The number of esters is 2. The second-order valence-electron chi connectivity index (χ2n) is 5.02.